The van der Waals surface area contributed by atoms with E-state index < -0.39 is 11.6 Å². The summed E-state index contributed by atoms with van der Waals surface area (Å²) < 4.78 is 5.21. The molecule has 3 N–H and O–H groups in total. The molecule has 9 heteroatoms. The van der Waals surface area contributed by atoms with E-state index in [1.807, 2.05) is 24.3 Å². The van der Waals surface area contributed by atoms with E-state index in [1.54, 1.807) is 44.5 Å². The van der Waals surface area contributed by atoms with Crippen LogP contribution in [-0.4, -0.2) is 76.3 Å². The molecule has 36 heavy (non-hydrogen) atoms. The second-order valence-electron chi connectivity index (χ2n) is 10.6. The summed E-state index contributed by atoms with van der Waals surface area (Å²) in [6.07, 6.45) is 7.06. The second-order valence-corrected chi connectivity index (χ2v) is 12.6. The van der Waals surface area contributed by atoms with Gasteiger partial charge in [0.2, 0.25) is 11.8 Å². The topological polar surface area (TPSA) is 90.9 Å². The Morgan fingerprint density at radius 1 is 1.22 bits per heavy atom. The van der Waals surface area contributed by atoms with Crippen molar-refractivity contribution in [2.24, 2.45) is 5.92 Å². The number of ether oxygens (including phenoxy) is 1. The molecule has 2 amide bonds. The van der Waals surface area contributed by atoms with Crippen molar-refractivity contribution >= 4 is 35.3 Å². The van der Waals surface area contributed by atoms with Crippen LogP contribution in [0.1, 0.15) is 57.9 Å². The first-order chi connectivity index (χ1) is 17.2. The third-order valence-corrected chi connectivity index (χ3v) is 9.25. The normalized spacial score (nSPS) is 20.2. The molecule has 1 aromatic rings. The predicted octanol–water partition coefficient (Wildman–Crippen LogP) is 3.65. The van der Waals surface area contributed by atoms with Crippen molar-refractivity contribution < 1.29 is 19.4 Å². The van der Waals surface area contributed by atoms with E-state index in [9.17, 15) is 14.7 Å². The number of thioether (sulfide) groups is 2. The highest BCUT2D eigenvalue weighted by molar-refractivity contribution is 7.99. The Hall–Kier alpha value is -1.42. The fraction of sp³-hybridized carbons (Fsp3) is 0.704. The van der Waals surface area contributed by atoms with E-state index in [-0.39, 0.29) is 17.9 Å². The Bertz CT molecular complexity index is 825. The Morgan fingerprint density at radius 3 is 2.61 bits per heavy atom. The number of aliphatic hydroxyl groups is 1. The highest BCUT2D eigenvalue weighted by Crippen LogP contribution is 2.27. The van der Waals surface area contributed by atoms with Gasteiger partial charge in [-0.3, -0.25) is 14.5 Å². The number of carbonyl (C=O) groups is 2. The lowest BCUT2D eigenvalue weighted by Gasteiger charge is -2.28. The highest BCUT2D eigenvalue weighted by Gasteiger charge is 2.34. The Balaban J connectivity index is 1.57. The van der Waals surface area contributed by atoms with E-state index in [1.165, 1.54) is 32.1 Å². The molecule has 1 saturated heterocycles. The van der Waals surface area contributed by atoms with Gasteiger partial charge in [-0.2, -0.15) is 11.8 Å². The van der Waals surface area contributed by atoms with Crippen molar-refractivity contribution in [2.75, 3.05) is 36.8 Å². The molecule has 3 rings (SSSR count). The standard InChI is InChI=1S/C27H43N3O4S2/c1-27(2,33)13-14-30-19-36-18-24(30)26(32)29-23(17-35-16-21-7-5-4-6-8-21)25(31)28-15-20-9-11-22(34-3)12-10-20/h9-12,21,23-24,33H,4-8,13-19H2,1-3H3,(H,28,31)(H,29,32)/t23-,24-/m0/s1. The maximum absolute atomic E-state index is 13.3. The van der Waals surface area contributed by atoms with E-state index >= 15 is 0 Å². The van der Waals surface area contributed by atoms with E-state index in [0.29, 0.717) is 36.9 Å². The van der Waals surface area contributed by atoms with Crippen LogP contribution in [0, 0.1) is 5.92 Å². The highest BCUT2D eigenvalue weighted by atomic mass is 32.2. The van der Waals surface area contributed by atoms with Gasteiger partial charge in [-0.15, -0.1) is 11.8 Å². The molecule has 1 saturated carbocycles. The van der Waals surface area contributed by atoms with Gasteiger partial charge in [-0.05, 0) is 62.5 Å². The van der Waals surface area contributed by atoms with Crippen LogP contribution in [0.3, 0.4) is 0 Å². The third kappa shape index (κ3) is 9.80. The molecular formula is C27H43N3O4S2. The summed E-state index contributed by atoms with van der Waals surface area (Å²) in [7, 11) is 1.63. The van der Waals surface area contributed by atoms with Crippen LogP contribution in [-0.2, 0) is 16.1 Å². The van der Waals surface area contributed by atoms with E-state index in [4.69, 9.17) is 4.74 Å². The minimum absolute atomic E-state index is 0.0985. The summed E-state index contributed by atoms with van der Waals surface area (Å²) in [5.74, 6) is 4.31. The number of hydrogen-bond donors (Lipinski definition) is 3. The molecule has 0 radical (unpaired) electrons. The molecule has 7 nitrogen and oxygen atoms in total. The summed E-state index contributed by atoms with van der Waals surface area (Å²) in [6, 6.07) is 6.76. The van der Waals surface area contributed by atoms with Crippen molar-refractivity contribution in [3.05, 3.63) is 29.8 Å². The molecule has 2 fully saturated rings. The number of nitrogens with one attached hydrogen (secondary N) is 2. The number of nitrogens with zero attached hydrogens (tertiary/aromatic N) is 1. The van der Waals surface area contributed by atoms with Gasteiger partial charge in [0.15, 0.2) is 0 Å². The van der Waals surface area contributed by atoms with Gasteiger partial charge >= 0.3 is 0 Å². The lowest BCUT2D eigenvalue weighted by atomic mass is 9.91. The van der Waals surface area contributed by atoms with Crippen LogP contribution < -0.4 is 15.4 Å². The van der Waals surface area contributed by atoms with Crippen LogP contribution in [0.2, 0.25) is 0 Å². The van der Waals surface area contributed by atoms with Crippen molar-refractivity contribution in [3.63, 3.8) is 0 Å². The van der Waals surface area contributed by atoms with Gasteiger partial charge in [0.25, 0.3) is 0 Å². The number of benzene rings is 1. The first-order valence-corrected chi connectivity index (χ1v) is 15.4. The van der Waals surface area contributed by atoms with Crippen molar-refractivity contribution in [2.45, 2.75) is 76.6 Å². The zero-order valence-electron chi connectivity index (χ0n) is 22.0. The average Bonchev–Trinajstić information content (AvgIpc) is 3.35. The van der Waals surface area contributed by atoms with E-state index in [0.717, 1.165) is 22.9 Å². The number of hydrogen-bond acceptors (Lipinski definition) is 7. The molecule has 1 aliphatic carbocycles. The van der Waals surface area contributed by atoms with Crippen LogP contribution in [0.15, 0.2) is 24.3 Å². The number of methoxy groups -OCH3 is 1. The van der Waals surface area contributed by atoms with E-state index in [2.05, 4.69) is 15.5 Å². The molecule has 1 heterocycles. The average molecular weight is 538 g/mol. The summed E-state index contributed by atoms with van der Waals surface area (Å²) >= 11 is 3.50. The zero-order chi connectivity index (χ0) is 26.0. The maximum Gasteiger partial charge on any atom is 0.243 e. The summed E-state index contributed by atoms with van der Waals surface area (Å²) in [6.45, 7) is 4.63. The molecule has 2 atom stereocenters. The van der Waals surface area contributed by atoms with Crippen LogP contribution in [0.5, 0.6) is 5.75 Å². The number of carbonyl (C=O) groups excluding carboxylic acids is 2. The predicted molar refractivity (Wildman–Crippen MR) is 149 cm³/mol. The second kappa shape index (κ2) is 14.5. The molecular weight excluding hydrogens is 494 g/mol. The Kier molecular flexibility index (Phi) is 11.7. The summed E-state index contributed by atoms with van der Waals surface area (Å²) in [5.41, 5.74) is 0.211. The SMILES string of the molecule is COc1ccc(CNC(=O)[C@H](CSCC2CCCCC2)NC(=O)[C@@H]2CSCN2CCC(C)(C)O)cc1. The monoisotopic (exact) mass is 537 g/mol. The molecule has 202 valence electrons. The molecule has 0 unspecified atom stereocenters. The van der Waals surface area contributed by atoms with Crippen LogP contribution in [0.4, 0.5) is 0 Å². The first-order valence-electron chi connectivity index (χ1n) is 13.1. The minimum Gasteiger partial charge on any atom is -0.497 e. The number of amides is 2. The van der Waals surface area contributed by atoms with Gasteiger partial charge in [-0.25, -0.2) is 0 Å². The minimum atomic E-state index is -0.770. The first kappa shape index (κ1) is 29.1. The van der Waals surface area contributed by atoms with Gasteiger partial charge in [0.05, 0.1) is 18.8 Å². The van der Waals surface area contributed by atoms with Gasteiger partial charge in [0, 0.05) is 30.5 Å². The maximum atomic E-state index is 13.3. The van der Waals surface area contributed by atoms with Gasteiger partial charge in [0.1, 0.15) is 11.8 Å². The van der Waals surface area contributed by atoms with Crippen LogP contribution >= 0.6 is 23.5 Å². The van der Waals surface area contributed by atoms with Crippen molar-refractivity contribution in [1.29, 1.82) is 0 Å². The fourth-order valence-corrected chi connectivity index (χ4v) is 7.08. The Morgan fingerprint density at radius 2 is 1.94 bits per heavy atom. The smallest absolute Gasteiger partial charge is 0.243 e. The lowest BCUT2D eigenvalue weighted by Crippen LogP contribution is -2.54. The molecule has 0 spiro atoms. The molecule has 0 aromatic heterocycles. The molecule has 0 bridgehead atoms. The molecule has 2 aliphatic rings. The summed E-state index contributed by atoms with van der Waals surface area (Å²) in [5, 5.41) is 16.2. The number of rotatable bonds is 13. The van der Waals surface area contributed by atoms with Crippen molar-refractivity contribution in [3.8, 4) is 5.75 Å². The molecule has 1 aromatic carbocycles. The fourth-order valence-electron chi connectivity index (χ4n) is 4.57. The van der Waals surface area contributed by atoms with Crippen molar-refractivity contribution in [1.82, 2.24) is 15.5 Å². The third-order valence-electron chi connectivity index (χ3n) is 6.91. The molecule has 1 aliphatic heterocycles. The zero-order valence-corrected chi connectivity index (χ0v) is 23.6. The van der Waals surface area contributed by atoms with Gasteiger partial charge in [-0.1, -0.05) is 31.4 Å². The van der Waals surface area contributed by atoms with Gasteiger partial charge < -0.3 is 20.5 Å². The lowest BCUT2D eigenvalue weighted by molar-refractivity contribution is -0.130. The Labute approximate surface area is 224 Å². The van der Waals surface area contributed by atoms with Crippen LogP contribution in [0.25, 0.3) is 0 Å². The quantitative estimate of drug-likeness (QED) is 0.354. The summed E-state index contributed by atoms with van der Waals surface area (Å²) in [4.78, 5) is 28.6. The largest absolute Gasteiger partial charge is 0.497 e.